The van der Waals surface area contributed by atoms with Crippen LogP contribution in [-0.2, 0) is 0 Å². The van der Waals surface area contributed by atoms with Gasteiger partial charge in [0.15, 0.2) is 0 Å². The summed E-state index contributed by atoms with van der Waals surface area (Å²) in [4.78, 5) is 0. The first-order valence-corrected chi connectivity index (χ1v) is 13.0. The lowest BCUT2D eigenvalue weighted by atomic mass is 9.56. The Bertz CT molecular complexity index is 437. The fraction of sp³-hybridized carbons (Fsp3) is 1.00. The van der Waals surface area contributed by atoms with Crippen molar-refractivity contribution >= 4 is 0 Å². The van der Waals surface area contributed by atoms with Gasteiger partial charge in [-0.2, -0.15) is 0 Å². The molecule has 2 aliphatic rings. The minimum atomic E-state index is 0.879. The molecular weight excluding hydrogens is 336 g/mol. The molecule has 2 saturated carbocycles. The predicted octanol–water partition coefficient (Wildman–Crippen LogP) is 8.80. The Morgan fingerprint density at radius 1 is 0.500 bits per heavy atom. The maximum Gasteiger partial charge on any atom is -0.0332 e. The van der Waals surface area contributed by atoms with Crippen molar-refractivity contribution in [1.29, 1.82) is 0 Å². The maximum atomic E-state index is 2.58. The van der Waals surface area contributed by atoms with E-state index in [9.17, 15) is 0 Å². The van der Waals surface area contributed by atoms with E-state index in [2.05, 4.69) is 76.2 Å². The summed E-state index contributed by atoms with van der Waals surface area (Å²) < 4.78 is 0. The predicted molar refractivity (Wildman–Crippen MR) is 126 cm³/mol. The lowest BCUT2D eigenvalue weighted by Gasteiger charge is -2.49. The third-order valence-corrected chi connectivity index (χ3v) is 10.9. The highest BCUT2D eigenvalue weighted by atomic mass is 14.5. The standard InChI is InChI=1S/C28H54/c1-16(27-20(5)18(3)15-19(4)21(27)6)13-12-14-17(2)28-25(10)23(8)22(7)24(9)26(28)11/h16-28H,12-15H2,1-11H3. The minimum Gasteiger partial charge on any atom is -0.0622 e. The summed E-state index contributed by atoms with van der Waals surface area (Å²) in [5.41, 5.74) is 0. The second kappa shape index (κ2) is 9.87. The van der Waals surface area contributed by atoms with Gasteiger partial charge in [0.05, 0.1) is 0 Å². The van der Waals surface area contributed by atoms with Crippen molar-refractivity contribution in [3.63, 3.8) is 0 Å². The van der Waals surface area contributed by atoms with Crippen LogP contribution in [0.25, 0.3) is 0 Å². The van der Waals surface area contributed by atoms with Crippen LogP contribution < -0.4 is 0 Å². The highest BCUT2D eigenvalue weighted by molar-refractivity contribution is 4.92. The molecule has 0 saturated heterocycles. The van der Waals surface area contributed by atoms with E-state index in [1.807, 2.05) is 0 Å². The van der Waals surface area contributed by atoms with Crippen molar-refractivity contribution in [2.24, 2.45) is 76.9 Å². The molecule has 0 radical (unpaired) electrons. The van der Waals surface area contributed by atoms with Crippen molar-refractivity contribution in [1.82, 2.24) is 0 Å². The molecule has 10 unspecified atom stereocenters. The van der Waals surface area contributed by atoms with E-state index in [1.54, 1.807) is 0 Å². The van der Waals surface area contributed by atoms with Crippen LogP contribution in [0.1, 0.15) is 102 Å². The topological polar surface area (TPSA) is 0 Å². The summed E-state index contributed by atoms with van der Waals surface area (Å²) in [5, 5.41) is 0. The summed E-state index contributed by atoms with van der Waals surface area (Å²) in [6, 6.07) is 0. The summed E-state index contributed by atoms with van der Waals surface area (Å²) >= 11 is 0. The van der Waals surface area contributed by atoms with E-state index in [0.29, 0.717) is 0 Å². The van der Waals surface area contributed by atoms with Crippen LogP contribution in [0, 0.1) is 76.9 Å². The Morgan fingerprint density at radius 2 is 0.821 bits per heavy atom. The molecule has 0 heterocycles. The lowest BCUT2D eigenvalue weighted by Crippen LogP contribution is -2.43. The highest BCUT2D eigenvalue weighted by Gasteiger charge is 2.43. The van der Waals surface area contributed by atoms with Crippen LogP contribution in [0.4, 0.5) is 0 Å². The Morgan fingerprint density at radius 3 is 1.21 bits per heavy atom. The Hall–Kier alpha value is 0. The van der Waals surface area contributed by atoms with Gasteiger partial charge < -0.3 is 0 Å². The lowest BCUT2D eigenvalue weighted by molar-refractivity contribution is -0.0110. The Balaban J connectivity index is 1.91. The van der Waals surface area contributed by atoms with Crippen LogP contribution in [0.2, 0.25) is 0 Å². The first kappa shape index (κ1) is 24.3. The molecular formula is C28H54. The molecule has 0 spiro atoms. The summed E-state index contributed by atoms with van der Waals surface area (Å²) in [6.45, 7) is 27.9. The van der Waals surface area contributed by atoms with Gasteiger partial charge in [0.25, 0.3) is 0 Å². The van der Waals surface area contributed by atoms with Gasteiger partial charge in [-0.25, -0.2) is 0 Å². The Kier molecular flexibility index (Phi) is 8.56. The van der Waals surface area contributed by atoms with E-state index in [0.717, 1.165) is 76.9 Å². The minimum absolute atomic E-state index is 0.879. The van der Waals surface area contributed by atoms with Crippen LogP contribution in [-0.4, -0.2) is 0 Å². The zero-order chi connectivity index (χ0) is 21.3. The van der Waals surface area contributed by atoms with E-state index in [-0.39, 0.29) is 0 Å². The second-order valence-electron chi connectivity index (χ2n) is 12.2. The number of hydrogen-bond acceptors (Lipinski definition) is 0. The molecule has 28 heavy (non-hydrogen) atoms. The Labute approximate surface area is 179 Å². The van der Waals surface area contributed by atoms with Crippen molar-refractivity contribution in [3.05, 3.63) is 0 Å². The molecule has 2 aliphatic carbocycles. The molecule has 2 fully saturated rings. The average Bonchev–Trinajstić information content (AvgIpc) is 2.63. The third kappa shape index (κ3) is 4.83. The number of hydrogen-bond donors (Lipinski definition) is 0. The van der Waals surface area contributed by atoms with E-state index in [1.165, 1.54) is 25.7 Å². The summed E-state index contributed by atoms with van der Waals surface area (Å²) in [5.74, 6) is 11.7. The van der Waals surface area contributed by atoms with Crippen molar-refractivity contribution in [3.8, 4) is 0 Å². The SMILES string of the molecule is CC1CC(C)C(C)C(C(C)CCCC(C)C2C(C)C(C)C(C)C(C)C2C)C1C. The highest BCUT2D eigenvalue weighted by Crippen LogP contribution is 2.50. The van der Waals surface area contributed by atoms with Gasteiger partial charge in [-0.05, 0) is 83.4 Å². The molecule has 0 aliphatic heterocycles. The smallest absolute Gasteiger partial charge is 0.0332 e. The van der Waals surface area contributed by atoms with Crippen LogP contribution >= 0.6 is 0 Å². The van der Waals surface area contributed by atoms with Crippen LogP contribution in [0.15, 0.2) is 0 Å². The van der Waals surface area contributed by atoms with Gasteiger partial charge in [0.2, 0.25) is 0 Å². The molecule has 0 bridgehead atoms. The van der Waals surface area contributed by atoms with Crippen molar-refractivity contribution < 1.29 is 0 Å². The molecule has 10 atom stereocenters. The zero-order valence-corrected chi connectivity index (χ0v) is 21.3. The first-order valence-electron chi connectivity index (χ1n) is 13.0. The number of rotatable bonds is 6. The molecule has 0 aromatic carbocycles. The molecule has 0 nitrogen and oxygen atoms in total. The van der Waals surface area contributed by atoms with Gasteiger partial charge in [0, 0.05) is 0 Å². The fourth-order valence-electron chi connectivity index (χ4n) is 8.09. The van der Waals surface area contributed by atoms with Gasteiger partial charge >= 0.3 is 0 Å². The molecule has 0 heteroatoms. The van der Waals surface area contributed by atoms with Gasteiger partial charge in [0.1, 0.15) is 0 Å². The van der Waals surface area contributed by atoms with Crippen molar-refractivity contribution in [2.75, 3.05) is 0 Å². The van der Waals surface area contributed by atoms with Gasteiger partial charge in [-0.1, -0.05) is 95.4 Å². The molecule has 0 amide bonds. The largest absolute Gasteiger partial charge is 0.0622 e. The summed E-state index contributed by atoms with van der Waals surface area (Å²) in [6.07, 6.45) is 5.77. The van der Waals surface area contributed by atoms with Gasteiger partial charge in [-0.15, -0.1) is 0 Å². The van der Waals surface area contributed by atoms with Crippen LogP contribution in [0.3, 0.4) is 0 Å². The molecule has 0 aromatic rings. The fourth-order valence-corrected chi connectivity index (χ4v) is 8.09. The molecule has 0 N–H and O–H groups in total. The second-order valence-corrected chi connectivity index (χ2v) is 12.2. The van der Waals surface area contributed by atoms with E-state index >= 15 is 0 Å². The average molecular weight is 391 g/mol. The van der Waals surface area contributed by atoms with Crippen LogP contribution in [0.5, 0.6) is 0 Å². The normalized spacial score (nSPS) is 49.6. The van der Waals surface area contributed by atoms with E-state index < -0.39 is 0 Å². The molecule has 166 valence electrons. The molecule has 2 rings (SSSR count). The quantitative estimate of drug-likeness (QED) is 0.425. The first-order chi connectivity index (χ1) is 13.0. The molecule has 0 aromatic heterocycles. The third-order valence-electron chi connectivity index (χ3n) is 10.9. The summed E-state index contributed by atoms with van der Waals surface area (Å²) in [7, 11) is 0. The van der Waals surface area contributed by atoms with Gasteiger partial charge in [-0.3, -0.25) is 0 Å². The maximum absolute atomic E-state index is 2.58. The van der Waals surface area contributed by atoms with Crippen molar-refractivity contribution in [2.45, 2.75) is 102 Å². The monoisotopic (exact) mass is 390 g/mol. The zero-order valence-electron chi connectivity index (χ0n) is 21.3. The van der Waals surface area contributed by atoms with E-state index in [4.69, 9.17) is 0 Å².